The molecule has 3 heterocycles. The second-order valence-corrected chi connectivity index (χ2v) is 7.71. The van der Waals surface area contributed by atoms with E-state index in [4.69, 9.17) is 9.15 Å². The number of aromatic nitrogens is 1. The smallest absolute Gasteiger partial charge is 0.331 e. The van der Waals surface area contributed by atoms with Crippen LogP contribution in [0.3, 0.4) is 0 Å². The highest BCUT2D eigenvalue weighted by atomic mass is 16.5. The fraction of sp³-hybridized carbons (Fsp3) is 0.250. The average Bonchev–Trinajstić information content (AvgIpc) is 3.45. The van der Waals surface area contributed by atoms with Crippen molar-refractivity contribution in [3.63, 3.8) is 0 Å². The van der Waals surface area contributed by atoms with Crippen LogP contribution in [0.25, 0.3) is 17.0 Å². The van der Waals surface area contributed by atoms with Crippen molar-refractivity contribution in [2.24, 2.45) is 0 Å². The molecular formula is C24H24N4O6. The van der Waals surface area contributed by atoms with E-state index in [0.29, 0.717) is 30.9 Å². The lowest BCUT2D eigenvalue weighted by Gasteiger charge is -2.25. The monoisotopic (exact) mass is 464 g/mol. The summed E-state index contributed by atoms with van der Waals surface area (Å²) >= 11 is 0. The van der Waals surface area contributed by atoms with Gasteiger partial charge in [0.15, 0.2) is 0 Å². The SMILES string of the molecule is COCCCNC(=O)Cn1cc(C=C2C(=O)NC(=O)N(Cc3ccco3)C2=O)c2ccccc21. The number of urea groups is 1. The molecule has 1 aliphatic rings. The molecule has 0 radical (unpaired) electrons. The van der Waals surface area contributed by atoms with Crippen LogP contribution in [-0.2, 0) is 32.2 Å². The Bertz CT molecular complexity index is 1260. The van der Waals surface area contributed by atoms with Gasteiger partial charge in [-0.25, -0.2) is 4.79 Å². The van der Waals surface area contributed by atoms with Crippen molar-refractivity contribution in [2.45, 2.75) is 19.5 Å². The zero-order chi connectivity index (χ0) is 24.1. The molecule has 34 heavy (non-hydrogen) atoms. The second-order valence-electron chi connectivity index (χ2n) is 7.71. The van der Waals surface area contributed by atoms with Gasteiger partial charge in [0.25, 0.3) is 11.8 Å². The Kier molecular flexibility index (Phi) is 6.88. The van der Waals surface area contributed by atoms with Crippen molar-refractivity contribution in [1.82, 2.24) is 20.1 Å². The number of nitrogens with zero attached hydrogens (tertiary/aromatic N) is 2. The van der Waals surface area contributed by atoms with E-state index in [0.717, 1.165) is 15.8 Å². The van der Waals surface area contributed by atoms with Crippen molar-refractivity contribution >= 4 is 40.7 Å². The largest absolute Gasteiger partial charge is 0.467 e. The molecule has 0 spiro atoms. The first-order chi connectivity index (χ1) is 16.5. The minimum Gasteiger partial charge on any atom is -0.467 e. The summed E-state index contributed by atoms with van der Waals surface area (Å²) < 4.78 is 12.0. The van der Waals surface area contributed by atoms with Crippen LogP contribution in [0.2, 0.25) is 0 Å². The molecule has 1 saturated heterocycles. The molecule has 10 heteroatoms. The summed E-state index contributed by atoms with van der Waals surface area (Å²) in [5.74, 6) is -1.26. The summed E-state index contributed by atoms with van der Waals surface area (Å²) in [5.41, 5.74) is 1.17. The molecule has 0 aliphatic carbocycles. The average molecular weight is 464 g/mol. The van der Waals surface area contributed by atoms with Crippen molar-refractivity contribution in [3.8, 4) is 0 Å². The van der Waals surface area contributed by atoms with Crippen molar-refractivity contribution < 1.29 is 28.3 Å². The van der Waals surface area contributed by atoms with E-state index in [2.05, 4.69) is 10.6 Å². The number of hydrogen-bond acceptors (Lipinski definition) is 6. The van der Waals surface area contributed by atoms with Crippen molar-refractivity contribution in [2.75, 3.05) is 20.3 Å². The van der Waals surface area contributed by atoms with Crippen molar-refractivity contribution in [1.29, 1.82) is 0 Å². The van der Waals surface area contributed by atoms with E-state index in [1.54, 1.807) is 30.0 Å². The van der Waals surface area contributed by atoms with Gasteiger partial charge in [-0.2, -0.15) is 0 Å². The third kappa shape index (κ3) is 4.91. The zero-order valence-electron chi connectivity index (χ0n) is 18.6. The van der Waals surface area contributed by atoms with Gasteiger partial charge in [-0.15, -0.1) is 0 Å². The Balaban J connectivity index is 1.60. The van der Waals surface area contributed by atoms with E-state index in [-0.39, 0.29) is 24.6 Å². The van der Waals surface area contributed by atoms with E-state index in [9.17, 15) is 19.2 Å². The van der Waals surface area contributed by atoms with E-state index < -0.39 is 17.8 Å². The number of barbiturate groups is 1. The number of imide groups is 2. The topological polar surface area (TPSA) is 123 Å². The molecule has 0 bridgehead atoms. The number of ether oxygens (including phenoxy) is 1. The van der Waals surface area contributed by atoms with Crippen LogP contribution < -0.4 is 10.6 Å². The maximum atomic E-state index is 13.0. The van der Waals surface area contributed by atoms with E-state index in [1.807, 2.05) is 24.3 Å². The van der Waals surface area contributed by atoms with Gasteiger partial charge < -0.3 is 19.0 Å². The van der Waals surface area contributed by atoms with Crippen LogP contribution in [0.4, 0.5) is 4.79 Å². The molecule has 1 aromatic carbocycles. The molecule has 1 fully saturated rings. The van der Waals surface area contributed by atoms with Gasteiger partial charge in [-0.3, -0.25) is 24.6 Å². The van der Waals surface area contributed by atoms with Gasteiger partial charge in [0, 0.05) is 42.9 Å². The normalized spacial score (nSPS) is 15.3. The molecule has 2 N–H and O–H groups in total. The summed E-state index contributed by atoms with van der Waals surface area (Å²) in [5, 5.41) is 5.80. The van der Waals surface area contributed by atoms with Crippen molar-refractivity contribution in [3.05, 3.63) is 65.8 Å². The van der Waals surface area contributed by atoms with E-state index >= 15 is 0 Å². The fourth-order valence-electron chi connectivity index (χ4n) is 3.73. The highest BCUT2D eigenvalue weighted by molar-refractivity contribution is 6.31. The molecule has 176 valence electrons. The summed E-state index contributed by atoms with van der Waals surface area (Å²) in [7, 11) is 1.60. The quantitative estimate of drug-likeness (QED) is 0.284. The Morgan fingerprint density at radius 1 is 1.18 bits per heavy atom. The first kappa shape index (κ1) is 23.0. The lowest BCUT2D eigenvalue weighted by molar-refractivity contribution is -0.130. The summed E-state index contributed by atoms with van der Waals surface area (Å²) in [4.78, 5) is 51.1. The number of benzene rings is 1. The number of rotatable bonds is 9. The third-order valence-corrected chi connectivity index (χ3v) is 5.36. The van der Waals surface area contributed by atoms with Gasteiger partial charge in [0.2, 0.25) is 5.91 Å². The minimum absolute atomic E-state index is 0.0694. The number of hydrogen-bond donors (Lipinski definition) is 2. The summed E-state index contributed by atoms with van der Waals surface area (Å²) in [6.07, 6.45) is 5.29. The molecule has 5 amide bonds. The lowest BCUT2D eigenvalue weighted by atomic mass is 10.1. The molecule has 2 aromatic heterocycles. The Morgan fingerprint density at radius 2 is 2.00 bits per heavy atom. The first-order valence-corrected chi connectivity index (χ1v) is 10.7. The molecule has 0 atom stereocenters. The highest BCUT2D eigenvalue weighted by Gasteiger charge is 2.36. The van der Waals surface area contributed by atoms with Crippen LogP contribution in [0.15, 0.2) is 58.8 Å². The maximum Gasteiger partial charge on any atom is 0.331 e. The standard InChI is InChI=1S/C24H24N4O6/c1-33-10-5-9-25-21(29)15-27-13-16(18-7-2-3-8-20(18)27)12-19-22(30)26-24(32)28(23(19)31)14-17-6-4-11-34-17/h2-4,6-8,11-13H,5,9-10,14-15H2,1H3,(H,25,29)(H,26,30,32). The number of methoxy groups -OCH3 is 1. The van der Waals surface area contributed by atoms with Crippen LogP contribution in [0.1, 0.15) is 17.7 Å². The second kappa shape index (κ2) is 10.2. The number of para-hydroxylation sites is 1. The number of fused-ring (bicyclic) bond motifs is 1. The highest BCUT2D eigenvalue weighted by Crippen LogP contribution is 2.25. The van der Waals surface area contributed by atoms with Gasteiger partial charge in [0.05, 0.1) is 12.8 Å². The van der Waals surface area contributed by atoms with E-state index in [1.165, 1.54) is 12.3 Å². The molecule has 0 saturated carbocycles. The molecule has 4 rings (SSSR count). The number of nitrogens with one attached hydrogen (secondary N) is 2. The molecule has 0 unspecified atom stereocenters. The van der Waals surface area contributed by atoms with Crippen LogP contribution in [0.5, 0.6) is 0 Å². The first-order valence-electron chi connectivity index (χ1n) is 10.7. The number of amides is 5. The zero-order valence-corrected chi connectivity index (χ0v) is 18.6. The molecule has 3 aromatic rings. The predicted octanol–water partition coefficient (Wildman–Crippen LogP) is 2.05. The predicted molar refractivity (Wildman–Crippen MR) is 122 cm³/mol. The Morgan fingerprint density at radius 3 is 2.76 bits per heavy atom. The summed E-state index contributed by atoms with van der Waals surface area (Å²) in [6, 6.07) is 9.83. The number of furan rings is 1. The molecule has 10 nitrogen and oxygen atoms in total. The van der Waals surface area contributed by atoms with Crippen LogP contribution >= 0.6 is 0 Å². The number of carbonyl (C=O) groups excluding carboxylic acids is 4. The summed E-state index contributed by atoms with van der Waals surface area (Å²) in [6.45, 7) is 1.02. The molecular weight excluding hydrogens is 440 g/mol. The fourth-order valence-corrected chi connectivity index (χ4v) is 3.73. The van der Waals surface area contributed by atoms with Gasteiger partial charge in [-0.1, -0.05) is 18.2 Å². The lowest BCUT2D eigenvalue weighted by Crippen LogP contribution is -2.53. The van der Waals surface area contributed by atoms with Crippen LogP contribution in [-0.4, -0.2) is 53.5 Å². The third-order valence-electron chi connectivity index (χ3n) is 5.36. The van der Waals surface area contributed by atoms with Crippen LogP contribution in [0, 0.1) is 0 Å². The minimum atomic E-state index is -0.809. The Hall–Kier alpha value is -4.18. The maximum absolute atomic E-state index is 13.0. The number of carbonyl (C=O) groups is 4. The van der Waals surface area contributed by atoms with Gasteiger partial charge >= 0.3 is 6.03 Å². The van der Waals surface area contributed by atoms with Gasteiger partial charge in [-0.05, 0) is 30.7 Å². The van der Waals surface area contributed by atoms with Gasteiger partial charge in [0.1, 0.15) is 17.9 Å². The molecule has 1 aliphatic heterocycles. The Labute approximate surface area is 195 Å².